The van der Waals surface area contributed by atoms with E-state index in [2.05, 4.69) is 41.6 Å². The maximum atomic E-state index is 9.72. The number of aryl methyl sites for hydroxylation is 1. The SMILES string of the molecule is Cn1c2ccc(Br)cc2c2nnc(N/N=C/c3ccccc3O)nc21. The normalized spacial score (nSPS) is 11.6. The summed E-state index contributed by atoms with van der Waals surface area (Å²) >= 11 is 3.47. The van der Waals surface area contributed by atoms with Crippen molar-refractivity contribution >= 4 is 50.2 Å². The summed E-state index contributed by atoms with van der Waals surface area (Å²) in [6.45, 7) is 0. The lowest BCUT2D eigenvalue weighted by atomic mass is 10.2. The summed E-state index contributed by atoms with van der Waals surface area (Å²) in [4.78, 5) is 4.48. The fraction of sp³-hybridized carbons (Fsp3) is 0.0588. The quantitative estimate of drug-likeness (QED) is 0.409. The van der Waals surface area contributed by atoms with Gasteiger partial charge in [0.2, 0.25) is 0 Å². The Labute approximate surface area is 151 Å². The van der Waals surface area contributed by atoms with Crippen LogP contribution in [0.5, 0.6) is 5.75 Å². The first-order valence-electron chi connectivity index (χ1n) is 7.49. The monoisotopic (exact) mass is 396 g/mol. The molecule has 2 aromatic carbocycles. The maximum absolute atomic E-state index is 9.72. The lowest BCUT2D eigenvalue weighted by molar-refractivity contribution is 0.474. The summed E-state index contributed by atoms with van der Waals surface area (Å²) in [5.41, 5.74) is 5.81. The fourth-order valence-electron chi connectivity index (χ4n) is 2.63. The van der Waals surface area contributed by atoms with Crippen LogP contribution in [0.15, 0.2) is 52.0 Å². The van der Waals surface area contributed by atoms with Crippen molar-refractivity contribution in [2.75, 3.05) is 5.43 Å². The van der Waals surface area contributed by atoms with Crippen LogP contribution in [0.4, 0.5) is 5.95 Å². The summed E-state index contributed by atoms with van der Waals surface area (Å²) in [6, 6.07) is 12.9. The summed E-state index contributed by atoms with van der Waals surface area (Å²) in [7, 11) is 1.93. The van der Waals surface area contributed by atoms with Gasteiger partial charge in [-0.3, -0.25) is 0 Å². The Kier molecular flexibility index (Phi) is 3.81. The number of hydrazone groups is 1. The fourth-order valence-corrected chi connectivity index (χ4v) is 3.00. The molecule has 8 heteroatoms. The van der Waals surface area contributed by atoms with Gasteiger partial charge in [0.15, 0.2) is 5.65 Å². The van der Waals surface area contributed by atoms with Crippen molar-refractivity contribution in [1.29, 1.82) is 0 Å². The summed E-state index contributed by atoms with van der Waals surface area (Å²) in [6.07, 6.45) is 1.50. The number of benzene rings is 2. The molecule has 4 aromatic rings. The van der Waals surface area contributed by atoms with Crippen molar-refractivity contribution in [2.45, 2.75) is 0 Å². The van der Waals surface area contributed by atoms with Gasteiger partial charge in [-0.15, -0.1) is 10.2 Å². The lowest BCUT2D eigenvalue weighted by Gasteiger charge is -2.00. The van der Waals surface area contributed by atoms with Crippen LogP contribution in [0.25, 0.3) is 22.1 Å². The van der Waals surface area contributed by atoms with Crippen LogP contribution >= 0.6 is 15.9 Å². The molecule has 0 bridgehead atoms. The van der Waals surface area contributed by atoms with Gasteiger partial charge in [-0.1, -0.05) is 28.1 Å². The van der Waals surface area contributed by atoms with Crippen LogP contribution in [0.2, 0.25) is 0 Å². The zero-order valence-corrected chi connectivity index (χ0v) is 14.8. The van der Waals surface area contributed by atoms with Crippen molar-refractivity contribution in [2.24, 2.45) is 12.1 Å². The van der Waals surface area contributed by atoms with Crippen molar-refractivity contribution in [3.63, 3.8) is 0 Å². The Morgan fingerprint density at radius 3 is 2.88 bits per heavy atom. The van der Waals surface area contributed by atoms with Gasteiger partial charge < -0.3 is 9.67 Å². The molecule has 0 unspecified atom stereocenters. The van der Waals surface area contributed by atoms with E-state index in [-0.39, 0.29) is 11.7 Å². The Hall–Kier alpha value is -3.00. The second-order valence-electron chi connectivity index (χ2n) is 5.46. The molecule has 2 heterocycles. The molecular formula is C17H13BrN6O. The number of hydrogen-bond acceptors (Lipinski definition) is 6. The standard InChI is InChI=1S/C17H13BrN6O/c1-24-13-7-6-11(18)8-12(13)15-16(24)20-17(23-21-15)22-19-9-10-4-2-3-5-14(10)25/h2-9,25H,1H3,(H,20,22,23)/b19-9+. The molecule has 0 aliphatic carbocycles. The van der Waals surface area contributed by atoms with E-state index >= 15 is 0 Å². The zero-order chi connectivity index (χ0) is 17.4. The Morgan fingerprint density at radius 2 is 2.04 bits per heavy atom. The topological polar surface area (TPSA) is 88.2 Å². The molecule has 0 saturated heterocycles. The molecule has 2 N–H and O–H groups in total. The average Bonchev–Trinajstić information content (AvgIpc) is 2.88. The van der Waals surface area contributed by atoms with E-state index in [9.17, 15) is 5.11 Å². The van der Waals surface area contributed by atoms with Gasteiger partial charge in [-0.25, -0.2) is 5.43 Å². The van der Waals surface area contributed by atoms with Crippen molar-refractivity contribution < 1.29 is 5.11 Å². The zero-order valence-electron chi connectivity index (χ0n) is 13.2. The highest BCUT2D eigenvalue weighted by Crippen LogP contribution is 2.28. The van der Waals surface area contributed by atoms with E-state index in [1.54, 1.807) is 18.2 Å². The summed E-state index contributed by atoms with van der Waals surface area (Å²) < 4.78 is 2.94. The third kappa shape index (κ3) is 2.80. The maximum Gasteiger partial charge on any atom is 0.265 e. The first kappa shape index (κ1) is 15.5. The number of para-hydroxylation sites is 1. The van der Waals surface area contributed by atoms with Gasteiger partial charge in [0.1, 0.15) is 11.3 Å². The molecule has 0 spiro atoms. The molecule has 25 heavy (non-hydrogen) atoms. The molecule has 7 nitrogen and oxygen atoms in total. The number of hydrogen-bond donors (Lipinski definition) is 2. The van der Waals surface area contributed by atoms with E-state index < -0.39 is 0 Å². The van der Waals surface area contributed by atoms with E-state index in [0.29, 0.717) is 11.2 Å². The molecule has 0 aliphatic heterocycles. The number of phenolic OH excluding ortho intramolecular Hbond substituents is 1. The summed E-state index contributed by atoms with van der Waals surface area (Å²) in [5.74, 6) is 0.436. The number of rotatable bonds is 3. The minimum Gasteiger partial charge on any atom is -0.507 e. The Morgan fingerprint density at radius 1 is 1.20 bits per heavy atom. The van der Waals surface area contributed by atoms with Crippen molar-refractivity contribution in [1.82, 2.24) is 19.7 Å². The van der Waals surface area contributed by atoms with E-state index in [1.165, 1.54) is 6.21 Å². The molecular weight excluding hydrogens is 384 g/mol. The van der Waals surface area contributed by atoms with Crippen molar-refractivity contribution in [3.8, 4) is 5.75 Å². The van der Waals surface area contributed by atoms with E-state index in [1.807, 2.05) is 35.9 Å². The van der Waals surface area contributed by atoms with Crippen LogP contribution in [-0.2, 0) is 7.05 Å². The lowest BCUT2D eigenvalue weighted by Crippen LogP contribution is -2.00. The third-order valence-electron chi connectivity index (χ3n) is 3.87. The highest BCUT2D eigenvalue weighted by atomic mass is 79.9. The van der Waals surface area contributed by atoms with Gasteiger partial charge >= 0.3 is 0 Å². The van der Waals surface area contributed by atoms with Crippen molar-refractivity contribution in [3.05, 3.63) is 52.5 Å². The molecule has 2 aromatic heterocycles. The highest BCUT2D eigenvalue weighted by Gasteiger charge is 2.12. The van der Waals surface area contributed by atoms with E-state index in [4.69, 9.17) is 0 Å². The Balaban J connectivity index is 1.69. The van der Waals surface area contributed by atoms with Crippen LogP contribution < -0.4 is 5.43 Å². The van der Waals surface area contributed by atoms with Crippen LogP contribution in [0, 0.1) is 0 Å². The van der Waals surface area contributed by atoms with Gasteiger partial charge in [-0.05, 0) is 30.3 Å². The molecule has 0 radical (unpaired) electrons. The molecule has 0 fully saturated rings. The predicted octanol–water partition coefficient (Wildman–Crippen LogP) is 3.43. The molecule has 0 atom stereocenters. The van der Waals surface area contributed by atoms with E-state index in [0.717, 1.165) is 20.9 Å². The summed E-state index contributed by atoms with van der Waals surface area (Å²) in [5, 5.41) is 23.1. The smallest absolute Gasteiger partial charge is 0.265 e. The average molecular weight is 397 g/mol. The number of aromatic nitrogens is 4. The van der Waals surface area contributed by atoms with Gasteiger partial charge in [0, 0.05) is 22.5 Å². The number of halogens is 1. The highest BCUT2D eigenvalue weighted by molar-refractivity contribution is 9.10. The number of aromatic hydroxyl groups is 1. The first-order valence-corrected chi connectivity index (χ1v) is 8.28. The van der Waals surface area contributed by atoms with Crippen LogP contribution in [-0.4, -0.2) is 31.1 Å². The number of nitrogens with one attached hydrogen (secondary N) is 1. The number of nitrogens with zero attached hydrogens (tertiary/aromatic N) is 5. The minimum absolute atomic E-state index is 0.154. The second kappa shape index (κ2) is 6.14. The van der Waals surface area contributed by atoms with Gasteiger partial charge in [0.25, 0.3) is 5.95 Å². The third-order valence-corrected chi connectivity index (χ3v) is 4.36. The Bertz CT molecular complexity index is 1120. The number of anilines is 1. The molecule has 124 valence electrons. The largest absolute Gasteiger partial charge is 0.507 e. The minimum atomic E-state index is 0.154. The van der Waals surface area contributed by atoms with Gasteiger partial charge in [-0.2, -0.15) is 10.1 Å². The number of phenols is 1. The molecule has 0 saturated carbocycles. The number of fused-ring (bicyclic) bond motifs is 3. The van der Waals surface area contributed by atoms with Crippen LogP contribution in [0.1, 0.15) is 5.56 Å². The molecule has 0 aliphatic rings. The first-order chi connectivity index (χ1) is 12.1. The second-order valence-corrected chi connectivity index (χ2v) is 6.37. The molecule has 0 amide bonds. The van der Waals surface area contributed by atoms with Crippen LogP contribution in [0.3, 0.4) is 0 Å². The predicted molar refractivity (Wildman–Crippen MR) is 101 cm³/mol. The van der Waals surface area contributed by atoms with Gasteiger partial charge in [0.05, 0.1) is 11.7 Å². The molecule has 4 rings (SSSR count).